The van der Waals surface area contributed by atoms with E-state index in [9.17, 15) is 0 Å². The van der Waals surface area contributed by atoms with Gasteiger partial charge in [0, 0.05) is 16.5 Å². The fourth-order valence-corrected chi connectivity index (χ4v) is 2.99. The maximum Gasteiger partial charge on any atom is 0.0263 e. The number of rotatable bonds is 1. The zero-order valence-electron chi connectivity index (χ0n) is 7.80. The summed E-state index contributed by atoms with van der Waals surface area (Å²) in [6.45, 7) is 5.12. The SMILES string of the molecule is CC1CCN(C2CCC2)C[C@H]1I. The first-order valence-electron chi connectivity index (χ1n) is 5.15. The molecule has 2 aliphatic rings. The fraction of sp³-hybridized carbons (Fsp3) is 1.00. The van der Waals surface area contributed by atoms with Crippen molar-refractivity contribution >= 4 is 22.6 Å². The van der Waals surface area contributed by atoms with Crippen LogP contribution in [0.25, 0.3) is 0 Å². The Morgan fingerprint density at radius 3 is 2.50 bits per heavy atom. The van der Waals surface area contributed by atoms with Crippen molar-refractivity contribution in [2.75, 3.05) is 13.1 Å². The Hall–Kier alpha value is 0.690. The standard InChI is InChI=1S/C10H18IN/c1-8-5-6-12(7-10(8)11)9-3-2-4-9/h8-10H,2-7H2,1H3/t8?,10-/m1/s1. The van der Waals surface area contributed by atoms with E-state index < -0.39 is 0 Å². The van der Waals surface area contributed by atoms with Crippen LogP contribution < -0.4 is 0 Å². The molecule has 70 valence electrons. The zero-order chi connectivity index (χ0) is 8.55. The summed E-state index contributed by atoms with van der Waals surface area (Å²) in [7, 11) is 0. The Morgan fingerprint density at radius 1 is 1.25 bits per heavy atom. The van der Waals surface area contributed by atoms with Gasteiger partial charge in [0.2, 0.25) is 0 Å². The van der Waals surface area contributed by atoms with Crippen LogP contribution in [0.3, 0.4) is 0 Å². The molecular weight excluding hydrogens is 261 g/mol. The summed E-state index contributed by atoms with van der Waals surface area (Å²) in [6.07, 6.45) is 5.84. The molecule has 1 aliphatic carbocycles. The van der Waals surface area contributed by atoms with Gasteiger partial charge in [-0.1, -0.05) is 35.9 Å². The molecule has 2 fully saturated rings. The van der Waals surface area contributed by atoms with Gasteiger partial charge in [-0.2, -0.15) is 0 Å². The molecule has 0 radical (unpaired) electrons. The van der Waals surface area contributed by atoms with Crippen molar-refractivity contribution in [1.82, 2.24) is 4.90 Å². The third-order valence-corrected chi connectivity index (χ3v) is 5.11. The molecule has 1 aliphatic heterocycles. The minimum atomic E-state index is 0.900. The number of hydrogen-bond donors (Lipinski definition) is 0. The summed E-state index contributed by atoms with van der Waals surface area (Å²) < 4.78 is 0.900. The van der Waals surface area contributed by atoms with Gasteiger partial charge < -0.3 is 0 Å². The lowest BCUT2D eigenvalue weighted by atomic mass is 9.88. The number of nitrogens with zero attached hydrogens (tertiary/aromatic N) is 1. The van der Waals surface area contributed by atoms with Crippen molar-refractivity contribution in [1.29, 1.82) is 0 Å². The fourth-order valence-electron chi connectivity index (χ4n) is 2.13. The topological polar surface area (TPSA) is 3.24 Å². The van der Waals surface area contributed by atoms with Crippen LogP contribution in [0.5, 0.6) is 0 Å². The highest BCUT2D eigenvalue weighted by atomic mass is 127. The third kappa shape index (κ3) is 1.79. The van der Waals surface area contributed by atoms with E-state index in [4.69, 9.17) is 0 Å². The first kappa shape index (κ1) is 9.25. The maximum atomic E-state index is 2.72. The van der Waals surface area contributed by atoms with Crippen LogP contribution in [0.1, 0.15) is 32.6 Å². The van der Waals surface area contributed by atoms with Gasteiger partial charge in [-0.25, -0.2) is 0 Å². The first-order chi connectivity index (χ1) is 5.77. The maximum absolute atomic E-state index is 2.72. The van der Waals surface area contributed by atoms with Crippen molar-refractivity contribution < 1.29 is 0 Å². The molecule has 0 aromatic heterocycles. The van der Waals surface area contributed by atoms with E-state index >= 15 is 0 Å². The molecule has 2 atom stereocenters. The smallest absolute Gasteiger partial charge is 0.0263 e. The molecule has 1 heterocycles. The number of likely N-dealkylation sites (tertiary alicyclic amines) is 1. The lowest BCUT2D eigenvalue weighted by Crippen LogP contribution is -2.48. The molecule has 1 saturated heterocycles. The highest BCUT2D eigenvalue weighted by Gasteiger charge is 2.31. The van der Waals surface area contributed by atoms with E-state index in [-0.39, 0.29) is 0 Å². The number of piperidine rings is 1. The average Bonchev–Trinajstić information content (AvgIpc) is 1.93. The number of halogens is 1. The minimum absolute atomic E-state index is 0.900. The summed E-state index contributed by atoms with van der Waals surface area (Å²) in [5, 5.41) is 0. The second kappa shape index (κ2) is 3.82. The molecule has 0 bridgehead atoms. The quantitative estimate of drug-likeness (QED) is 0.527. The second-order valence-corrected chi connectivity index (χ2v) is 5.96. The van der Waals surface area contributed by atoms with Gasteiger partial charge in [0.15, 0.2) is 0 Å². The van der Waals surface area contributed by atoms with Crippen LogP contribution in [-0.4, -0.2) is 28.0 Å². The molecule has 2 rings (SSSR count). The molecule has 0 spiro atoms. The normalized spacial score (nSPS) is 39.5. The predicted molar refractivity (Wildman–Crippen MR) is 60.8 cm³/mol. The number of hydrogen-bond acceptors (Lipinski definition) is 1. The summed E-state index contributed by atoms with van der Waals surface area (Å²) in [5.74, 6) is 0.946. The third-order valence-electron chi connectivity index (χ3n) is 3.49. The summed E-state index contributed by atoms with van der Waals surface area (Å²) in [6, 6.07) is 0.967. The molecule has 2 heteroatoms. The van der Waals surface area contributed by atoms with Crippen molar-refractivity contribution in [3.8, 4) is 0 Å². The van der Waals surface area contributed by atoms with E-state index in [1.165, 1.54) is 38.8 Å². The van der Waals surface area contributed by atoms with Crippen LogP contribution in [0.2, 0.25) is 0 Å². The molecule has 1 saturated carbocycles. The monoisotopic (exact) mass is 279 g/mol. The molecule has 0 N–H and O–H groups in total. The molecule has 12 heavy (non-hydrogen) atoms. The van der Waals surface area contributed by atoms with Crippen LogP contribution in [0, 0.1) is 5.92 Å². The molecule has 0 amide bonds. The summed E-state index contributed by atoms with van der Waals surface area (Å²) in [4.78, 5) is 2.72. The Labute approximate surface area is 89.0 Å². The Balaban J connectivity index is 1.84. The van der Waals surface area contributed by atoms with Gasteiger partial charge in [-0.15, -0.1) is 0 Å². The van der Waals surface area contributed by atoms with Gasteiger partial charge in [-0.3, -0.25) is 4.90 Å². The molecule has 1 nitrogen and oxygen atoms in total. The van der Waals surface area contributed by atoms with E-state index in [2.05, 4.69) is 34.4 Å². The summed E-state index contributed by atoms with van der Waals surface area (Å²) in [5.41, 5.74) is 0. The molecule has 1 unspecified atom stereocenters. The Bertz CT molecular complexity index is 156. The van der Waals surface area contributed by atoms with Gasteiger partial charge in [0.05, 0.1) is 0 Å². The Morgan fingerprint density at radius 2 is 2.00 bits per heavy atom. The first-order valence-corrected chi connectivity index (χ1v) is 6.40. The average molecular weight is 279 g/mol. The zero-order valence-corrected chi connectivity index (χ0v) is 9.96. The summed E-state index contributed by atoms with van der Waals surface area (Å²) >= 11 is 2.63. The van der Waals surface area contributed by atoms with Crippen molar-refractivity contribution in [3.05, 3.63) is 0 Å². The lowest BCUT2D eigenvalue weighted by molar-refractivity contribution is 0.0947. The van der Waals surface area contributed by atoms with Gasteiger partial charge in [0.1, 0.15) is 0 Å². The highest BCUT2D eigenvalue weighted by Crippen LogP contribution is 2.31. The van der Waals surface area contributed by atoms with Gasteiger partial charge in [-0.05, 0) is 31.7 Å². The van der Waals surface area contributed by atoms with Gasteiger partial charge in [0.25, 0.3) is 0 Å². The largest absolute Gasteiger partial charge is 0.299 e. The van der Waals surface area contributed by atoms with E-state index in [0.29, 0.717) is 0 Å². The Kier molecular flexibility index (Phi) is 2.95. The minimum Gasteiger partial charge on any atom is -0.299 e. The van der Waals surface area contributed by atoms with Crippen molar-refractivity contribution in [3.63, 3.8) is 0 Å². The molecule has 0 aromatic carbocycles. The van der Waals surface area contributed by atoms with Crippen LogP contribution in [0.4, 0.5) is 0 Å². The van der Waals surface area contributed by atoms with Crippen LogP contribution in [-0.2, 0) is 0 Å². The van der Waals surface area contributed by atoms with E-state index in [1.807, 2.05) is 0 Å². The van der Waals surface area contributed by atoms with Crippen LogP contribution >= 0.6 is 22.6 Å². The lowest BCUT2D eigenvalue weighted by Gasteiger charge is -2.43. The van der Waals surface area contributed by atoms with E-state index in [1.54, 1.807) is 0 Å². The molecule has 0 aromatic rings. The molecular formula is C10H18IN. The van der Waals surface area contributed by atoms with Crippen molar-refractivity contribution in [2.45, 2.75) is 42.6 Å². The van der Waals surface area contributed by atoms with Gasteiger partial charge >= 0.3 is 0 Å². The number of alkyl halides is 1. The van der Waals surface area contributed by atoms with Crippen molar-refractivity contribution in [2.24, 2.45) is 5.92 Å². The second-order valence-electron chi connectivity index (χ2n) is 4.36. The highest BCUT2D eigenvalue weighted by molar-refractivity contribution is 14.1. The van der Waals surface area contributed by atoms with E-state index in [0.717, 1.165) is 15.9 Å². The predicted octanol–water partition coefficient (Wildman–Crippen LogP) is 2.68. The van der Waals surface area contributed by atoms with Crippen LogP contribution in [0.15, 0.2) is 0 Å².